The van der Waals surface area contributed by atoms with Gasteiger partial charge in [-0.1, -0.05) is 30.3 Å². The minimum Gasteiger partial charge on any atom is -0.375 e. The first-order chi connectivity index (χ1) is 12.8. The van der Waals surface area contributed by atoms with Gasteiger partial charge in [-0.3, -0.25) is 4.99 Å². The highest BCUT2D eigenvalue weighted by Crippen LogP contribution is 2.47. The Morgan fingerprint density at radius 3 is 2.25 bits per heavy atom. The first-order valence-electron chi connectivity index (χ1n) is 9.29. The van der Waals surface area contributed by atoms with Crippen molar-refractivity contribution in [1.29, 1.82) is 0 Å². The molecule has 1 aromatic carbocycles. The van der Waals surface area contributed by atoms with Crippen LogP contribution in [0.25, 0.3) is 0 Å². The fraction of sp³-hybridized carbons (Fsp3) is 0.632. The lowest BCUT2D eigenvalue weighted by Crippen LogP contribution is -2.53. The number of alkyl halides is 3. The third-order valence-electron chi connectivity index (χ3n) is 6.19. The van der Waals surface area contributed by atoms with Gasteiger partial charge in [0.2, 0.25) is 5.60 Å². The molecule has 0 amide bonds. The maximum absolute atomic E-state index is 13.7. The molecule has 0 radical (unpaired) electrons. The number of hydrogen-bond donors (Lipinski definition) is 2. The number of rotatable bonds is 3. The summed E-state index contributed by atoms with van der Waals surface area (Å²) in [4.78, 5) is 6.15. The van der Waals surface area contributed by atoms with Crippen LogP contribution >= 0.6 is 24.0 Å². The van der Waals surface area contributed by atoms with Gasteiger partial charge in [0.25, 0.3) is 0 Å². The Morgan fingerprint density at radius 2 is 1.75 bits per heavy atom. The van der Waals surface area contributed by atoms with Crippen LogP contribution in [0, 0.1) is 11.8 Å². The van der Waals surface area contributed by atoms with Crippen molar-refractivity contribution in [2.75, 3.05) is 26.7 Å². The minimum atomic E-state index is -4.81. The summed E-state index contributed by atoms with van der Waals surface area (Å²) in [6, 6.07) is 7.16. The maximum Gasteiger partial charge on any atom is 0.423 e. The summed E-state index contributed by atoms with van der Waals surface area (Å²) in [5.74, 6) is 1.22. The van der Waals surface area contributed by atoms with Gasteiger partial charge in [0.05, 0.1) is 18.8 Å². The monoisotopic (exact) mass is 511 g/mol. The summed E-state index contributed by atoms with van der Waals surface area (Å²) in [6.07, 6.45) is -2.16. The van der Waals surface area contributed by atoms with Crippen molar-refractivity contribution in [3.8, 4) is 0 Å². The normalized spacial score (nSPS) is 31.3. The van der Waals surface area contributed by atoms with Gasteiger partial charge in [-0.05, 0) is 18.4 Å². The number of aliphatic imine (C=N–C) groups is 1. The lowest BCUT2D eigenvalue weighted by atomic mass is 9.82. The molecule has 3 saturated heterocycles. The van der Waals surface area contributed by atoms with Crippen molar-refractivity contribution in [3.63, 3.8) is 0 Å². The Balaban J connectivity index is 0.00000225. The van der Waals surface area contributed by atoms with Crippen LogP contribution in [0.1, 0.15) is 18.4 Å². The molecule has 9 heteroatoms. The molecule has 156 valence electrons. The quantitative estimate of drug-likeness (QED) is 0.373. The molecule has 0 aliphatic carbocycles. The zero-order valence-corrected chi connectivity index (χ0v) is 17.9. The molecule has 2 N–H and O–H groups in total. The molecule has 3 aliphatic heterocycles. The molecule has 28 heavy (non-hydrogen) atoms. The summed E-state index contributed by atoms with van der Waals surface area (Å²) in [5.41, 5.74) is -3.17. The molecule has 0 spiro atoms. The van der Waals surface area contributed by atoms with Crippen molar-refractivity contribution in [2.45, 2.75) is 36.8 Å². The largest absolute Gasteiger partial charge is 0.423 e. The van der Waals surface area contributed by atoms with E-state index in [1.807, 2.05) is 4.90 Å². The molecule has 3 heterocycles. The topological polar surface area (TPSA) is 57.1 Å². The highest BCUT2D eigenvalue weighted by molar-refractivity contribution is 14.0. The zero-order chi connectivity index (χ0) is 19.2. The van der Waals surface area contributed by atoms with Gasteiger partial charge in [-0.25, -0.2) is 0 Å². The molecule has 5 nitrogen and oxygen atoms in total. The Bertz CT molecular complexity index is 700. The van der Waals surface area contributed by atoms with E-state index < -0.39 is 18.3 Å². The zero-order valence-electron chi connectivity index (χ0n) is 15.5. The predicted molar refractivity (Wildman–Crippen MR) is 110 cm³/mol. The number of halogens is 4. The molecule has 2 bridgehead atoms. The van der Waals surface area contributed by atoms with Gasteiger partial charge in [-0.2, -0.15) is 13.2 Å². The van der Waals surface area contributed by atoms with Gasteiger partial charge in [0.1, 0.15) is 0 Å². The second kappa shape index (κ2) is 7.98. The van der Waals surface area contributed by atoms with Crippen LogP contribution in [0.2, 0.25) is 0 Å². The van der Waals surface area contributed by atoms with E-state index in [9.17, 15) is 18.3 Å². The molecule has 5 atom stereocenters. The van der Waals surface area contributed by atoms with Crippen LogP contribution in [0.15, 0.2) is 35.3 Å². The number of guanidine groups is 1. The summed E-state index contributed by atoms with van der Waals surface area (Å²) >= 11 is 0. The van der Waals surface area contributed by atoms with Crippen LogP contribution in [0.4, 0.5) is 13.2 Å². The molecular weight excluding hydrogens is 486 g/mol. The molecular formula is C19H25F3IN3O2. The molecule has 4 rings (SSSR count). The molecule has 3 fully saturated rings. The average Bonchev–Trinajstić information content (AvgIpc) is 3.35. The Morgan fingerprint density at radius 1 is 1.18 bits per heavy atom. The number of ether oxygens (including phenoxy) is 1. The molecule has 3 aliphatic rings. The van der Waals surface area contributed by atoms with Gasteiger partial charge in [0.15, 0.2) is 5.96 Å². The van der Waals surface area contributed by atoms with Crippen LogP contribution < -0.4 is 5.32 Å². The van der Waals surface area contributed by atoms with E-state index in [1.54, 1.807) is 13.1 Å². The fourth-order valence-electron chi connectivity index (χ4n) is 4.75. The Labute approximate surface area is 179 Å². The highest BCUT2D eigenvalue weighted by atomic mass is 127. The third kappa shape index (κ3) is 3.60. The van der Waals surface area contributed by atoms with Gasteiger partial charge < -0.3 is 20.1 Å². The minimum absolute atomic E-state index is 0. The van der Waals surface area contributed by atoms with E-state index in [2.05, 4.69) is 10.3 Å². The van der Waals surface area contributed by atoms with Crippen molar-refractivity contribution in [3.05, 3.63) is 35.9 Å². The van der Waals surface area contributed by atoms with E-state index in [0.717, 1.165) is 25.9 Å². The van der Waals surface area contributed by atoms with E-state index in [1.165, 1.54) is 24.3 Å². The number of hydrogen-bond acceptors (Lipinski definition) is 3. The van der Waals surface area contributed by atoms with E-state index in [0.29, 0.717) is 17.8 Å². The van der Waals surface area contributed by atoms with Crippen molar-refractivity contribution >= 4 is 29.9 Å². The van der Waals surface area contributed by atoms with E-state index >= 15 is 0 Å². The lowest BCUT2D eigenvalue weighted by molar-refractivity contribution is -0.263. The standard InChI is InChI=1S/C19H24F3N3O2.HI/c1-23-17(25-9-13-14(10-25)16-8-7-15(13)27-16)24-11-18(26,19(20,21)22)12-5-3-2-4-6-12;/h2-6,13-16,26H,7-11H2,1H3,(H,23,24);1H. The van der Waals surface area contributed by atoms with Gasteiger partial charge in [0, 0.05) is 32.0 Å². The summed E-state index contributed by atoms with van der Waals surface area (Å²) in [5, 5.41) is 13.2. The predicted octanol–water partition coefficient (Wildman–Crippen LogP) is 2.74. The Kier molecular flexibility index (Phi) is 6.17. The molecule has 0 aromatic heterocycles. The number of nitrogens with one attached hydrogen (secondary N) is 1. The number of benzene rings is 1. The summed E-state index contributed by atoms with van der Waals surface area (Å²) in [7, 11) is 1.55. The van der Waals surface area contributed by atoms with Crippen molar-refractivity contribution in [1.82, 2.24) is 10.2 Å². The smallest absolute Gasteiger partial charge is 0.375 e. The van der Waals surface area contributed by atoms with Crippen LogP contribution in [-0.4, -0.2) is 61.0 Å². The number of fused-ring (bicyclic) bond motifs is 5. The molecule has 1 aromatic rings. The first-order valence-corrected chi connectivity index (χ1v) is 9.29. The third-order valence-corrected chi connectivity index (χ3v) is 6.19. The van der Waals surface area contributed by atoms with Gasteiger partial charge >= 0.3 is 6.18 Å². The number of aliphatic hydroxyl groups is 1. The molecule has 5 unspecified atom stereocenters. The van der Waals surface area contributed by atoms with Crippen LogP contribution in [0.3, 0.4) is 0 Å². The van der Waals surface area contributed by atoms with Crippen molar-refractivity contribution < 1.29 is 23.0 Å². The maximum atomic E-state index is 13.7. The fourth-order valence-corrected chi connectivity index (χ4v) is 4.75. The highest BCUT2D eigenvalue weighted by Gasteiger charge is 2.56. The Hall–Kier alpha value is -1.07. The van der Waals surface area contributed by atoms with Gasteiger partial charge in [-0.15, -0.1) is 24.0 Å². The van der Waals surface area contributed by atoms with E-state index in [-0.39, 0.29) is 41.7 Å². The summed E-state index contributed by atoms with van der Waals surface area (Å²) in [6.45, 7) is 0.755. The first kappa shape index (κ1) is 21.6. The molecule has 0 saturated carbocycles. The van der Waals surface area contributed by atoms with Crippen LogP contribution in [0.5, 0.6) is 0 Å². The second-order valence-corrected chi connectivity index (χ2v) is 7.65. The second-order valence-electron chi connectivity index (χ2n) is 7.65. The van der Waals surface area contributed by atoms with Crippen LogP contribution in [-0.2, 0) is 10.3 Å². The lowest BCUT2D eigenvalue weighted by Gasteiger charge is -2.33. The number of likely N-dealkylation sites (tertiary alicyclic amines) is 1. The average molecular weight is 511 g/mol. The van der Waals surface area contributed by atoms with E-state index in [4.69, 9.17) is 4.74 Å². The summed E-state index contributed by atoms with van der Waals surface area (Å²) < 4.78 is 46.9. The SMILES string of the molecule is CN=C(NCC(O)(c1ccccc1)C(F)(F)F)N1CC2C3CCC(O3)C2C1.I. The number of nitrogens with zero attached hydrogens (tertiary/aromatic N) is 2. The van der Waals surface area contributed by atoms with Crippen molar-refractivity contribution in [2.24, 2.45) is 16.8 Å².